The molecule has 9 heteroatoms. The highest BCUT2D eigenvalue weighted by molar-refractivity contribution is 5.97. The highest BCUT2D eigenvalue weighted by atomic mass is 16.5. The molecule has 2 amide bonds. The lowest BCUT2D eigenvalue weighted by molar-refractivity contribution is -0.144. The van der Waals surface area contributed by atoms with Crippen LogP contribution in [-0.2, 0) is 9.53 Å². The van der Waals surface area contributed by atoms with Gasteiger partial charge < -0.3 is 20.1 Å². The van der Waals surface area contributed by atoms with Crippen LogP contribution in [0.2, 0.25) is 0 Å². The van der Waals surface area contributed by atoms with Crippen LogP contribution in [0.5, 0.6) is 5.88 Å². The van der Waals surface area contributed by atoms with Crippen LogP contribution in [-0.4, -0.2) is 48.0 Å². The largest absolute Gasteiger partial charge is 0.477 e. The van der Waals surface area contributed by atoms with Crippen molar-refractivity contribution in [1.82, 2.24) is 20.6 Å². The zero-order valence-electron chi connectivity index (χ0n) is 21.3. The van der Waals surface area contributed by atoms with Crippen LogP contribution in [0.3, 0.4) is 0 Å². The van der Waals surface area contributed by atoms with Gasteiger partial charge in [0.2, 0.25) is 11.7 Å². The van der Waals surface area contributed by atoms with Gasteiger partial charge >= 0.3 is 5.97 Å². The summed E-state index contributed by atoms with van der Waals surface area (Å²) in [5.41, 5.74) is 1.94. The Kier molecular flexibility index (Phi) is 10.1. The number of carbonyl (C=O) groups excluding carboxylic acids is 3. The molecule has 0 aliphatic rings. The zero-order chi connectivity index (χ0) is 26.6. The lowest BCUT2D eigenvalue weighted by Crippen LogP contribution is -2.34. The van der Waals surface area contributed by atoms with Crippen LogP contribution in [0.15, 0.2) is 66.9 Å². The van der Waals surface area contributed by atoms with Crippen molar-refractivity contribution in [2.45, 2.75) is 32.7 Å². The number of methoxy groups -OCH3 is 1. The van der Waals surface area contributed by atoms with Gasteiger partial charge in [-0.05, 0) is 17.5 Å². The first kappa shape index (κ1) is 27.3. The highest BCUT2D eigenvalue weighted by Gasteiger charge is 2.24. The molecule has 3 aromatic rings. The van der Waals surface area contributed by atoms with Gasteiger partial charge in [0.05, 0.1) is 25.7 Å². The Morgan fingerprint density at radius 2 is 1.57 bits per heavy atom. The molecule has 0 aliphatic carbocycles. The Morgan fingerprint density at radius 1 is 0.946 bits per heavy atom. The number of ether oxygens (including phenoxy) is 2. The smallest absolute Gasteiger partial charge is 0.310 e. The lowest BCUT2D eigenvalue weighted by atomic mass is 9.98. The second-order valence-corrected chi connectivity index (χ2v) is 8.48. The lowest BCUT2D eigenvalue weighted by Gasteiger charge is -2.20. The predicted molar refractivity (Wildman–Crippen MR) is 138 cm³/mol. The summed E-state index contributed by atoms with van der Waals surface area (Å²) in [7, 11) is 1.29. The molecule has 1 unspecified atom stereocenters. The number of unbranched alkanes of at least 4 members (excludes halogenated alkanes) is 1. The fourth-order valence-corrected chi connectivity index (χ4v) is 3.52. The van der Waals surface area contributed by atoms with Crippen LogP contribution in [0.25, 0.3) is 0 Å². The summed E-state index contributed by atoms with van der Waals surface area (Å²) in [5, 5.41) is 5.66. The van der Waals surface area contributed by atoms with E-state index in [1.807, 2.05) is 67.6 Å². The number of esters is 1. The quantitative estimate of drug-likeness (QED) is 0.285. The predicted octanol–water partition coefficient (Wildman–Crippen LogP) is 3.71. The Bertz CT molecular complexity index is 1150. The van der Waals surface area contributed by atoms with Crippen molar-refractivity contribution in [3.63, 3.8) is 0 Å². The molecular formula is C28H32N4O5. The molecule has 1 atom stereocenters. The highest BCUT2D eigenvalue weighted by Crippen LogP contribution is 2.24. The maximum absolute atomic E-state index is 13.4. The summed E-state index contributed by atoms with van der Waals surface area (Å²) in [4.78, 5) is 46.0. The molecule has 2 N–H and O–H groups in total. The molecule has 1 heterocycles. The topological polar surface area (TPSA) is 120 Å². The van der Waals surface area contributed by atoms with E-state index in [0.717, 1.165) is 24.0 Å². The number of nitrogens with zero attached hydrogens (tertiary/aromatic N) is 2. The molecule has 0 aliphatic heterocycles. The SMILES string of the molecule is CCCCOc1nc(C(=O)NCC(C)C(=O)OC)ncc1C(=O)NC(c1ccccc1)c1ccccc1. The van der Waals surface area contributed by atoms with Crippen molar-refractivity contribution in [1.29, 1.82) is 0 Å². The van der Waals surface area contributed by atoms with E-state index in [2.05, 4.69) is 25.3 Å². The number of aromatic nitrogens is 2. The van der Waals surface area contributed by atoms with E-state index < -0.39 is 29.7 Å². The molecule has 0 saturated heterocycles. The van der Waals surface area contributed by atoms with Crippen LogP contribution in [0, 0.1) is 5.92 Å². The van der Waals surface area contributed by atoms with Crippen LogP contribution in [0.4, 0.5) is 0 Å². The number of nitrogens with one attached hydrogen (secondary N) is 2. The van der Waals surface area contributed by atoms with E-state index in [1.54, 1.807) is 6.92 Å². The Labute approximate surface area is 216 Å². The van der Waals surface area contributed by atoms with E-state index in [4.69, 9.17) is 4.74 Å². The van der Waals surface area contributed by atoms with Gasteiger partial charge in [-0.3, -0.25) is 14.4 Å². The molecule has 194 valence electrons. The summed E-state index contributed by atoms with van der Waals surface area (Å²) < 4.78 is 10.5. The van der Waals surface area contributed by atoms with E-state index in [9.17, 15) is 14.4 Å². The molecule has 3 rings (SSSR count). The number of hydrogen-bond acceptors (Lipinski definition) is 7. The third-order valence-electron chi connectivity index (χ3n) is 5.65. The molecule has 1 aromatic heterocycles. The fraction of sp³-hybridized carbons (Fsp3) is 0.321. The first-order valence-corrected chi connectivity index (χ1v) is 12.2. The molecule has 9 nitrogen and oxygen atoms in total. The van der Waals surface area contributed by atoms with Gasteiger partial charge in [-0.15, -0.1) is 0 Å². The number of amides is 2. The summed E-state index contributed by atoms with van der Waals surface area (Å²) in [5.74, 6) is -2.14. The van der Waals surface area contributed by atoms with E-state index >= 15 is 0 Å². The van der Waals surface area contributed by atoms with Gasteiger partial charge in [-0.1, -0.05) is 80.9 Å². The van der Waals surface area contributed by atoms with Crippen molar-refractivity contribution >= 4 is 17.8 Å². The molecular weight excluding hydrogens is 472 g/mol. The third kappa shape index (κ3) is 7.60. The van der Waals surface area contributed by atoms with E-state index in [1.165, 1.54) is 13.3 Å². The normalized spacial score (nSPS) is 11.5. The number of hydrogen-bond donors (Lipinski definition) is 2. The monoisotopic (exact) mass is 504 g/mol. The molecule has 0 bridgehead atoms. The van der Waals surface area contributed by atoms with Crippen molar-refractivity contribution < 1.29 is 23.9 Å². The maximum atomic E-state index is 13.4. The first-order chi connectivity index (χ1) is 17.9. The van der Waals surface area contributed by atoms with Crippen molar-refractivity contribution in [2.75, 3.05) is 20.3 Å². The number of rotatable bonds is 12. The average molecular weight is 505 g/mol. The summed E-state index contributed by atoms with van der Waals surface area (Å²) in [6.45, 7) is 4.03. The van der Waals surface area contributed by atoms with Gasteiger partial charge in [0.15, 0.2) is 0 Å². The molecule has 0 fully saturated rings. The van der Waals surface area contributed by atoms with Crippen LogP contribution >= 0.6 is 0 Å². The second-order valence-electron chi connectivity index (χ2n) is 8.48. The first-order valence-electron chi connectivity index (χ1n) is 12.2. The summed E-state index contributed by atoms with van der Waals surface area (Å²) in [6, 6.07) is 18.8. The number of benzene rings is 2. The zero-order valence-corrected chi connectivity index (χ0v) is 21.3. The summed E-state index contributed by atoms with van der Waals surface area (Å²) in [6.07, 6.45) is 2.92. The van der Waals surface area contributed by atoms with Gasteiger partial charge in [0, 0.05) is 12.7 Å². The van der Waals surface area contributed by atoms with Gasteiger partial charge in [-0.2, -0.15) is 4.98 Å². The Hall–Kier alpha value is -4.27. The third-order valence-corrected chi connectivity index (χ3v) is 5.65. The minimum absolute atomic E-state index is 0.0204. The van der Waals surface area contributed by atoms with Crippen molar-refractivity contribution in [3.05, 3.63) is 89.4 Å². The second kappa shape index (κ2) is 13.7. The van der Waals surface area contributed by atoms with Crippen molar-refractivity contribution in [3.8, 4) is 5.88 Å². The van der Waals surface area contributed by atoms with Gasteiger partial charge in [-0.25, -0.2) is 4.98 Å². The van der Waals surface area contributed by atoms with Crippen LogP contribution < -0.4 is 15.4 Å². The molecule has 0 saturated carbocycles. The van der Waals surface area contributed by atoms with E-state index in [-0.39, 0.29) is 23.8 Å². The maximum Gasteiger partial charge on any atom is 0.310 e. The van der Waals surface area contributed by atoms with Crippen LogP contribution in [0.1, 0.15) is 64.8 Å². The van der Waals surface area contributed by atoms with E-state index in [0.29, 0.717) is 6.61 Å². The average Bonchev–Trinajstić information content (AvgIpc) is 2.94. The Morgan fingerprint density at radius 3 is 2.14 bits per heavy atom. The Balaban J connectivity index is 1.85. The molecule has 2 aromatic carbocycles. The minimum atomic E-state index is -0.588. The minimum Gasteiger partial charge on any atom is -0.477 e. The summed E-state index contributed by atoms with van der Waals surface area (Å²) >= 11 is 0. The number of carbonyl (C=O) groups is 3. The molecule has 0 spiro atoms. The standard InChI is InChI=1S/C28H32N4O5/c1-4-5-16-37-27-22(18-29-24(32-27)26(34)30-17-19(2)28(35)36-3)25(33)31-23(20-12-8-6-9-13-20)21-14-10-7-11-15-21/h6-15,18-19,23H,4-5,16-17H2,1-3H3,(H,30,34)(H,31,33). The fourth-order valence-electron chi connectivity index (χ4n) is 3.52. The van der Waals surface area contributed by atoms with Crippen molar-refractivity contribution in [2.24, 2.45) is 5.92 Å². The molecule has 0 radical (unpaired) electrons. The van der Waals surface area contributed by atoms with Gasteiger partial charge in [0.1, 0.15) is 5.56 Å². The van der Waals surface area contributed by atoms with Gasteiger partial charge in [0.25, 0.3) is 11.8 Å². The molecule has 37 heavy (non-hydrogen) atoms.